The molecule has 21 heavy (non-hydrogen) atoms. The van der Waals surface area contributed by atoms with Crippen molar-refractivity contribution >= 4 is 15.9 Å². The van der Waals surface area contributed by atoms with Crippen molar-refractivity contribution in [2.75, 3.05) is 0 Å². The zero-order valence-electron chi connectivity index (χ0n) is 11.8. The van der Waals surface area contributed by atoms with Crippen LogP contribution in [-0.2, 0) is 0 Å². The molecule has 1 saturated carbocycles. The summed E-state index contributed by atoms with van der Waals surface area (Å²) in [4.78, 5) is 4.61. The lowest BCUT2D eigenvalue weighted by Crippen LogP contribution is -2.30. The lowest BCUT2D eigenvalue weighted by atomic mass is 9.85. The smallest absolute Gasteiger partial charge is 0.244 e. The third kappa shape index (κ3) is 2.53. The van der Waals surface area contributed by atoms with Gasteiger partial charge in [0, 0.05) is 16.1 Å². The highest BCUT2D eigenvalue weighted by Crippen LogP contribution is 2.39. The zero-order chi connectivity index (χ0) is 14.2. The predicted molar refractivity (Wildman–Crippen MR) is 83.7 cm³/mol. The summed E-state index contributed by atoms with van der Waals surface area (Å²) in [6.07, 6.45) is 6.45. The lowest BCUT2D eigenvalue weighted by molar-refractivity contribution is 0.324. The molecule has 0 amide bonds. The molecule has 1 saturated heterocycles. The summed E-state index contributed by atoms with van der Waals surface area (Å²) in [5.74, 6) is 2.17. The van der Waals surface area contributed by atoms with E-state index in [0.29, 0.717) is 11.9 Å². The predicted octanol–water partition coefficient (Wildman–Crippen LogP) is 4.09. The Balaban J connectivity index is 1.56. The number of benzene rings is 1. The van der Waals surface area contributed by atoms with Crippen LogP contribution in [0.5, 0.6) is 0 Å². The molecule has 110 valence electrons. The first-order chi connectivity index (χ1) is 10.3. The monoisotopic (exact) mass is 347 g/mol. The van der Waals surface area contributed by atoms with Gasteiger partial charge in [0.2, 0.25) is 11.7 Å². The van der Waals surface area contributed by atoms with E-state index in [0.717, 1.165) is 28.3 Å². The summed E-state index contributed by atoms with van der Waals surface area (Å²) >= 11 is 3.54. The standard InChI is InChI=1S/C16H18BrN3O/c17-12-7-3-2-6-11(12)15-19-16(21-20-15)14-9-10-5-1-4-8-13(10)18-14/h2-3,6-7,10,13-14,18H,1,4-5,8-9H2. The van der Waals surface area contributed by atoms with Gasteiger partial charge in [-0.05, 0) is 37.3 Å². The number of fused-ring (bicyclic) bond motifs is 1. The van der Waals surface area contributed by atoms with E-state index >= 15 is 0 Å². The quantitative estimate of drug-likeness (QED) is 0.888. The maximum absolute atomic E-state index is 5.52. The van der Waals surface area contributed by atoms with Crippen LogP contribution in [-0.4, -0.2) is 16.2 Å². The fourth-order valence-electron chi connectivity index (χ4n) is 3.64. The molecule has 1 aliphatic heterocycles. The Bertz CT molecular complexity index is 628. The minimum Gasteiger partial charge on any atom is -0.337 e. The molecular weight excluding hydrogens is 330 g/mol. The van der Waals surface area contributed by atoms with E-state index in [9.17, 15) is 0 Å². The Labute approximate surface area is 132 Å². The van der Waals surface area contributed by atoms with Crippen LogP contribution in [0.4, 0.5) is 0 Å². The molecule has 5 heteroatoms. The molecule has 1 aliphatic carbocycles. The second kappa shape index (κ2) is 5.54. The third-order valence-electron chi connectivity index (χ3n) is 4.72. The van der Waals surface area contributed by atoms with Gasteiger partial charge in [0.1, 0.15) is 0 Å². The van der Waals surface area contributed by atoms with Gasteiger partial charge in [0.05, 0.1) is 6.04 Å². The second-order valence-electron chi connectivity index (χ2n) is 6.04. The normalized spacial score (nSPS) is 28.5. The first kappa shape index (κ1) is 13.5. The SMILES string of the molecule is Brc1ccccc1-c1noc(C2CC3CCCCC3N2)n1. The van der Waals surface area contributed by atoms with Crippen molar-refractivity contribution in [3.05, 3.63) is 34.6 Å². The number of aromatic nitrogens is 2. The molecule has 1 N–H and O–H groups in total. The van der Waals surface area contributed by atoms with E-state index in [2.05, 4.69) is 31.4 Å². The maximum atomic E-state index is 5.52. The molecule has 1 aromatic carbocycles. The van der Waals surface area contributed by atoms with Crippen molar-refractivity contribution in [3.63, 3.8) is 0 Å². The Morgan fingerprint density at radius 2 is 2.05 bits per heavy atom. The highest BCUT2D eigenvalue weighted by atomic mass is 79.9. The molecule has 2 aliphatic rings. The average molecular weight is 348 g/mol. The van der Waals surface area contributed by atoms with Gasteiger partial charge in [-0.2, -0.15) is 4.98 Å². The van der Waals surface area contributed by atoms with Crippen LogP contribution in [0.15, 0.2) is 33.3 Å². The maximum Gasteiger partial charge on any atom is 0.244 e. The van der Waals surface area contributed by atoms with E-state index in [1.165, 1.54) is 25.7 Å². The lowest BCUT2D eigenvalue weighted by Gasteiger charge is -2.24. The van der Waals surface area contributed by atoms with E-state index in [4.69, 9.17) is 4.52 Å². The van der Waals surface area contributed by atoms with Crippen molar-refractivity contribution in [2.24, 2.45) is 5.92 Å². The number of halogens is 1. The number of hydrogen-bond acceptors (Lipinski definition) is 4. The molecule has 4 rings (SSSR count). The van der Waals surface area contributed by atoms with Crippen LogP contribution in [0.25, 0.3) is 11.4 Å². The van der Waals surface area contributed by atoms with E-state index in [1.54, 1.807) is 0 Å². The highest BCUT2D eigenvalue weighted by molar-refractivity contribution is 9.10. The van der Waals surface area contributed by atoms with Crippen LogP contribution < -0.4 is 5.32 Å². The summed E-state index contributed by atoms with van der Waals surface area (Å²) in [5, 5.41) is 7.83. The molecule has 0 spiro atoms. The molecule has 0 bridgehead atoms. The second-order valence-corrected chi connectivity index (χ2v) is 6.90. The van der Waals surface area contributed by atoms with Crippen LogP contribution in [0, 0.1) is 5.92 Å². The van der Waals surface area contributed by atoms with Crippen LogP contribution >= 0.6 is 15.9 Å². The molecule has 4 nitrogen and oxygen atoms in total. The zero-order valence-corrected chi connectivity index (χ0v) is 13.3. The number of nitrogens with one attached hydrogen (secondary N) is 1. The Hall–Kier alpha value is -1.20. The largest absolute Gasteiger partial charge is 0.337 e. The molecule has 2 fully saturated rings. The van der Waals surface area contributed by atoms with Gasteiger partial charge in [-0.3, -0.25) is 0 Å². The van der Waals surface area contributed by atoms with Crippen molar-refractivity contribution < 1.29 is 4.52 Å². The van der Waals surface area contributed by atoms with Gasteiger partial charge in [-0.15, -0.1) is 0 Å². The van der Waals surface area contributed by atoms with Gasteiger partial charge in [-0.1, -0.05) is 46.1 Å². The molecular formula is C16H18BrN3O. The van der Waals surface area contributed by atoms with Gasteiger partial charge >= 0.3 is 0 Å². The minimum absolute atomic E-state index is 0.224. The van der Waals surface area contributed by atoms with Gasteiger partial charge in [-0.25, -0.2) is 0 Å². The molecule has 3 atom stereocenters. The number of rotatable bonds is 2. The minimum atomic E-state index is 0.224. The van der Waals surface area contributed by atoms with Gasteiger partial charge in [0.15, 0.2) is 0 Å². The van der Waals surface area contributed by atoms with Crippen molar-refractivity contribution in [1.29, 1.82) is 0 Å². The summed E-state index contributed by atoms with van der Waals surface area (Å²) in [6, 6.07) is 8.83. The molecule has 1 aromatic heterocycles. The fourth-order valence-corrected chi connectivity index (χ4v) is 4.10. The Morgan fingerprint density at radius 3 is 2.90 bits per heavy atom. The summed E-state index contributed by atoms with van der Waals surface area (Å²) < 4.78 is 6.51. The first-order valence-corrected chi connectivity index (χ1v) is 8.45. The van der Waals surface area contributed by atoms with E-state index in [-0.39, 0.29) is 6.04 Å². The van der Waals surface area contributed by atoms with Crippen molar-refractivity contribution in [2.45, 2.75) is 44.2 Å². The third-order valence-corrected chi connectivity index (χ3v) is 5.41. The molecule has 2 aromatic rings. The van der Waals surface area contributed by atoms with Crippen molar-refractivity contribution in [3.8, 4) is 11.4 Å². The van der Waals surface area contributed by atoms with E-state index in [1.807, 2.05) is 24.3 Å². The summed E-state index contributed by atoms with van der Waals surface area (Å²) in [6.45, 7) is 0. The van der Waals surface area contributed by atoms with Crippen LogP contribution in [0.2, 0.25) is 0 Å². The van der Waals surface area contributed by atoms with Gasteiger partial charge < -0.3 is 9.84 Å². The molecule has 2 heterocycles. The highest BCUT2D eigenvalue weighted by Gasteiger charge is 2.38. The summed E-state index contributed by atoms with van der Waals surface area (Å²) in [5.41, 5.74) is 0.975. The number of hydrogen-bond donors (Lipinski definition) is 1. The van der Waals surface area contributed by atoms with Crippen LogP contribution in [0.1, 0.15) is 44.0 Å². The average Bonchev–Trinajstić information content (AvgIpc) is 3.14. The van der Waals surface area contributed by atoms with E-state index < -0.39 is 0 Å². The Kier molecular flexibility index (Phi) is 3.55. The Morgan fingerprint density at radius 1 is 1.19 bits per heavy atom. The topological polar surface area (TPSA) is 51.0 Å². The fraction of sp³-hybridized carbons (Fsp3) is 0.500. The molecule has 0 radical (unpaired) electrons. The van der Waals surface area contributed by atoms with Crippen molar-refractivity contribution in [1.82, 2.24) is 15.5 Å². The number of nitrogens with zero attached hydrogens (tertiary/aromatic N) is 2. The molecule has 3 unspecified atom stereocenters. The van der Waals surface area contributed by atoms with Gasteiger partial charge in [0.25, 0.3) is 0 Å². The first-order valence-electron chi connectivity index (χ1n) is 7.66. The summed E-state index contributed by atoms with van der Waals surface area (Å²) in [7, 11) is 0. The van der Waals surface area contributed by atoms with Crippen LogP contribution in [0.3, 0.4) is 0 Å².